The predicted molar refractivity (Wildman–Crippen MR) is 74.7 cm³/mol. The molecule has 0 saturated heterocycles. The molecule has 1 amide bonds. The van der Waals surface area contributed by atoms with Gasteiger partial charge in [-0.3, -0.25) is 4.79 Å². The highest BCUT2D eigenvalue weighted by Crippen LogP contribution is 2.10. The van der Waals surface area contributed by atoms with E-state index in [-0.39, 0.29) is 18.3 Å². The van der Waals surface area contributed by atoms with Crippen molar-refractivity contribution in [2.24, 2.45) is 0 Å². The van der Waals surface area contributed by atoms with E-state index in [0.717, 1.165) is 11.3 Å². The lowest BCUT2D eigenvalue weighted by Crippen LogP contribution is -2.21. The van der Waals surface area contributed by atoms with E-state index in [4.69, 9.17) is 0 Å². The molecule has 0 unspecified atom stereocenters. The number of aryl methyl sites for hydroxylation is 1. The highest BCUT2D eigenvalue weighted by Gasteiger charge is 2.02. The Morgan fingerprint density at radius 2 is 1.84 bits per heavy atom. The third-order valence-electron chi connectivity index (χ3n) is 2.60. The zero-order chi connectivity index (χ0) is 13.7. The van der Waals surface area contributed by atoms with E-state index in [9.17, 15) is 9.18 Å². The lowest BCUT2D eigenvalue weighted by molar-refractivity contribution is -0.114. The summed E-state index contributed by atoms with van der Waals surface area (Å²) < 4.78 is 12.7. The van der Waals surface area contributed by atoms with Gasteiger partial charge in [-0.25, -0.2) is 4.39 Å². The first-order chi connectivity index (χ1) is 9.13. The summed E-state index contributed by atoms with van der Waals surface area (Å²) in [5.41, 5.74) is 2.57. The standard InChI is InChI=1S/C15H15FN2O/c1-11-3-2-4-14(9-11)18-15(19)10-17-13-7-5-12(16)6-8-13/h2-9,17H,10H2,1H3,(H,18,19). The van der Waals surface area contributed by atoms with Crippen LogP contribution in [0, 0.1) is 12.7 Å². The molecule has 0 aromatic heterocycles. The fraction of sp³-hybridized carbons (Fsp3) is 0.133. The van der Waals surface area contributed by atoms with Crippen LogP contribution in [0.1, 0.15) is 5.56 Å². The number of hydrogen-bond donors (Lipinski definition) is 2. The number of nitrogens with one attached hydrogen (secondary N) is 2. The molecule has 98 valence electrons. The Hall–Kier alpha value is -2.36. The summed E-state index contributed by atoms with van der Waals surface area (Å²) in [7, 11) is 0. The zero-order valence-corrected chi connectivity index (χ0v) is 10.6. The van der Waals surface area contributed by atoms with Gasteiger partial charge in [-0.1, -0.05) is 12.1 Å². The van der Waals surface area contributed by atoms with Gasteiger partial charge in [0, 0.05) is 11.4 Å². The number of rotatable bonds is 4. The van der Waals surface area contributed by atoms with E-state index >= 15 is 0 Å². The molecule has 0 radical (unpaired) electrons. The summed E-state index contributed by atoms with van der Waals surface area (Å²) in [4.78, 5) is 11.7. The van der Waals surface area contributed by atoms with Crippen LogP contribution in [-0.4, -0.2) is 12.5 Å². The minimum atomic E-state index is -0.297. The number of benzene rings is 2. The van der Waals surface area contributed by atoms with Crippen molar-refractivity contribution >= 4 is 17.3 Å². The molecule has 3 nitrogen and oxygen atoms in total. The first-order valence-corrected chi connectivity index (χ1v) is 5.99. The molecule has 0 heterocycles. The van der Waals surface area contributed by atoms with E-state index < -0.39 is 0 Å². The van der Waals surface area contributed by atoms with Crippen LogP contribution < -0.4 is 10.6 Å². The third kappa shape index (κ3) is 4.10. The van der Waals surface area contributed by atoms with E-state index in [1.165, 1.54) is 12.1 Å². The van der Waals surface area contributed by atoms with E-state index in [0.29, 0.717) is 5.69 Å². The van der Waals surface area contributed by atoms with Crippen LogP contribution in [0.25, 0.3) is 0 Å². The number of carbonyl (C=O) groups excluding carboxylic acids is 1. The maximum Gasteiger partial charge on any atom is 0.243 e. The molecule has 0 saturated carbocycles. The normalized spacial score (nSPS) is 10.0. The summed E-state index contributed by atoms with van der Waals surface area (Å²) in [6, 6.07) is 13.5. The van der Waals surface area contributed by atoms with Crippen molar-refractivity contribution < 1.29 is 9.18 Å². The van der Waals surface area contributed by atoms with Gasteiger partial charge in [0.15, 0.2) is 0 Å². The minimum absolute atomic E-state index is 0.138. The van der Waals surface area contributed by atoms with Crippen molar-refractivity contribution in [3.63, 3.8) is 0 Å². The Bertz CT molecular complexity index is 567. The van der Waals surface area contributed by atoms with Crippen molar-refractivity contribution in [1.82, 2.24) is 0 Å². The fourth-order valence-corrected chi connectivity index (χ4v) is 1.68. The van der Waals surface area contributed by atoms with Gasteiger partial charge in [0.1, 0.15) is 5.82 Å². The zero-order valence-electron chi connectivity index (χ0n) is 10.6. The second-order valence-electron chi connectivity index (χ2n) is 4.28. The summed E-state index contributed by atoms with van der Waals surface area (Å²) in [5, 5.41) is 5.72. The second kappa shape index (κ2) is 6.00. The van der Waals surface area contributed by atoms with Gasteiger partial charge in [-0.15, -0.1) is 0 Å². The second-order valence-corrected chi connectivity index (χ2v) is 4.28. The van der Waals surface area contributed by atoms with Gasteiger partial charge < -0.3 is 10.6 Å². The van der Waals surface area contributed by atoms with Gasteiger partial charge in [0.2, 0.25) is 5.91 Å². The molecule has 0 aliphatic heterocycles. The summed E-state index contributed by atoms with van der Waals surface area (Å²) in [5.74, 6) is -0.440. The molecular formula is C15H15FN2O. The Labute approximate surface area is 111 Å². The first-order valence-electron chi connectivity index (χ1n) is 5.99. The van der Waals surface area contributed by atoms with Crippen molar-refractivity contribution in [2.45, 2.75) is 6.92 Å². The Balaban J connectivity index is 1.86. The average Bonchev–Trinajstić information content (AvgIpc) is 2.38. The topological polar surface area (TPSA) is 41.1 Å². The largest absolute Gasteiger partial charge is 0.376 e. The molecule has 0 spiro atoms. The van der Waals surface area contributed by atoms with Crippen molar-refractivity contribution in [2.75, 3.05) is 17.2 Å². The summed E-state index contributed by atoms with van der Waals surface area (Å²) >= 11 is 0. The van der Waals surface area contributed by atoms with Gasteiger partial charge in [0.25, 0.3) is 0 Å². The predicted octanol–water partition coefficient (Wildman–Crippen LogP) is 3.18. The molecule has 0 aliphatic carbocycles. The average molecular weight is 258 g/mol. The van der Waals surface area contributed by atoms with E-state index in [2.05, 4.69) is 10.6 Å². The molecule has 2 rings (SSSR count). The van der Waals surface area contributed by atoms with Crippen LogP contribution in [0.2, 0.25) is 0 Å². The smallest absolute Gasteiger partial charge is 0.243 e. The maximum atomic E-state index is 12.7. The van der Waals surface area contributed by atoms with Gasteiger partial charge in [-0.05, 0) is 48.9 Å². The first kappa shape index (κ1) is 13.1. The highest BCUT2D eigenvalue weighted by atomic mass is 19.1. The number of halogens is 1. The maximum absolute atomic E-state index is 12.7. The molecule has 4 heteroatoms. The van der Waals surface area contributed by atoms with Crippen LogP contribution in [0.4, 0.5) is 15.8 Å². The quantitative estimate of drug-likeness (QED) is 0.884. The summed E-state index contributed by atoms with van der Waals surface area (Å²) in [6.07, 6.45) is 0. The molecule has 0 atom stereocenters. The Morgan fingerprint density at radius 3 is 2.53 bits per heavy atom. The van der Waals surface area contributed by atoms with Gasteiger partial charge >= 0.3 is 0 Å². The Kier molecular flexibility index (Phi) is 4.13. The van der Waals surface area contributed by atoms with Crippen LogP contribution in [0.3, 0.4) is 0 Å². The number of carbonyl (C=O) groups is 1. The number of amides is 1. The molecule has 0 bridgehead atoms. The van der Waals surface area contributed by atoms with E-state index in [1.807, 2.05) is 31.2 Å². The molecule has 19 heavy (non-hydrogen) atoms. The van der Waals surface area contributed by atoms with Crippen LogP contribution in [-0.2, 0) is 4.79 Å². The highest BCUT2D eigenvalue weighted by molar-refractivity contribution is 5.93. The molecular weight excluding hydrogens is 243 g/mol. The lowest BCUT2D eigenvalue weighted by Gasteiger charge is -2.08. The molecule has 0 aliphatic rings. The minimum Gasteiger partial charge on any atom is -0.376 e. The van der Waals surface area contributed by atoms with Crippen LogP contribution >= 0.6 is 0 Å². The Morgan fingerprint density at radius 1 is 1.11 bits per heavy atom. The molecule has 2 aromatic carbocycles. The van der Waals surface area contributed by atoms with Crippen LogP contribution in [0.5, 0.6) is 0 Å². The molecule has 0 fully saturated rings. The third-order valence-corrected chi connectivity index (χ3v) is 2.60. The SMILES string of the molecule is Cc1cccc(NC(=O)CNc2ccc(F)cc2)c1. The molecule has 2 aromatic rings. The lowest BCUT2D eigenvalue weighted by atomic mass is 10.2. The number of anilines is 2. The van der Waals surface area contributed by atoms with Gasteiger partial charge in [-0.2, -0.15) is 0 Å². The molecule has 2 N–H and O–H groups in total. The monoisotopic (exact) mass is 258 g/mol. The van der Waals surface area contributed by atoms with Crippen molar-refractivity contribution in [3.05, 3.63) is 59.9 Å². The number of hydrogen-bond acceptors (Lipinski definition) is 2. The van der Waals surface area contributed by atoms with Crippen molar-refractivity contribution in [3.8, 4) is 0 Å². The fourth-order valence-electron chi connectivity index (χ4n) is 1.68. The van der Waals surface area contributed by atoms with E-state index in [1.54, 1.807) is 12.1 Å². The van der Waals surface area contributed by atoms with Gasteiger partial charge in [0.05, 0.1) is 6.54 Å². The van der Waals surface area contributed by atoms with Crippen LogP contribution in [0.15, 0.2) is 48.5 Å². The van der Waals surface area contributed by atoms with Crippen molar-refractivity contribution in [1.29, 1.82) is 0 Å². The summed E-state index contributed by atoms with van der Waals surface area (Å²) in [6.45, 7) is 2.10.